The lowest BCUT2D eigenvalue weighted by Crippen LogP contribution is -2.73. The Bertz CT molecular complexity index is 303. The summed E-state index contributed by atoms with van der Waals surface area (Å²) in [6, 6.07) is 0.176. The maximum Gasteiger partial charge on any atom is 0.239 e. The van der Waals surface area contributed by atoms with Crippen molar-refractivity contribution in [3.05, 3.63) is 0 Å². The third-order valence-corrected chi connectivity index (χ3v) is 4.38. The first-order chi connectivity index (χ1) is 7.60. The van der Waals surface area contributed by atoms with Crippen molar-refractivity contribution in [2.45, 2.75) is 18.9 Å². The summed E-state index contributed by atoms with van der Waals surface area (Å²) in [5.74, 6) is 0.375. The molecule has 0 N–H and O–H groups in total. The molecule has 0 aromatic rings. The van der Waals surface area contributed by atoms with E-state index in [0.717, 1.165) is 26.1 Å². The second-order valence-electron chi connectivity index (χ2n) is 6.01. The Morgan fingerprint density at radius 1 is 1.19 bits per heavy atom. The van der Waals surface area contributed by atoms with Gasteiger partial charge in [-0.1, -0.05) is 0 Å². The second kappa shape index (κ2) is 3.44. The standard InChI is InChI=1S/C12H21N3O/c1-13-6-12(7-13)8-15(9-12)11(16)10-4-3-5-14(10)2/h10H,3-9H2,1-2H3. The quantitative estimate of drug-likeness (QED) is 0.619. The van der Waals surface area contributed by atoms with Crippen molar-refractivity contribution in [3.8, 4) is 0 Å². The number of nitrogens with zero attached hydrogens (tertiary/aromatic N) is 3. The molecular weight excluding hydrogens is 202 g/mol. The van der Waals surface area contributed by atoms with Gasteiger partial charge in [0.1, 0.15) is 0 Å². The van der Waals surface area contributed by atoms with Crippen LogP contribution in [0.1, 0.15) is 12.8 Å². The first-order valence-corrected chi connectivity index (χ1v) is 6.27. The van der Waals surface area contributed by atoms with E-state index in [0.29, 0.717) is 11.3 Å². The van der Waals surface area contributed by atoms with Crippen LogP contribution in [-0.2, 0) is 4.79 Å². The molecule has 4 nitrogen and oxygen atoms in total. The molecule has 1 atom stereocenters. The van der Waals surface area contributed by atoms with Crippen molar-refractivity contribution >= 4 is 5.91 Å². The minimum Gasteiger partial charge on any atom is -0.340 e. The van der Waals surface area contributed by atoms with Gasteiger partial charge in [-0.3, -0.25) is 9.69 Å². The average molecular weight is 223 g/mol. The number of carbonyl (C=O) groups excluding carboxylic acids is 1. The number of amides is 1. The van der Waals surface area contributed by atoms with Gasteiger partial charge in [-0.05, 0) is 33.5 Å². The van der Waals surface area contributed by atoms with E-state index in [4.69, 9.17) is 0 Å². The molecular formula is C12H21N3O. The van der Waals surface area contributed by atoms with Crippen LogP contribution in [-0.4, -0.2) is 73.5 Å². The van der Waals surface area contributed by atoms with Crippen LogP contribution in [0.4, 0.5) is 0 Å². The van der Waals surface area contributed by atoms with E-state index >= 15 is 0 Å². The molecule has 1 unspecified atom stereocenters. The molecule has 0 aromatic heterocycles. The lowest BCUT2D eigenvalue weighted by Gasteiger charge is -2.60. The van der Waals surface area contributed by atoms with Crippen LogP contribution >= 0.6 is 0 Å². The zero-order valence-corrected chi connectivity index (χ0v) is 10.3. The number of carbonyl (C=O) groups is 1. The highest BCUT2D eigenvalue weighted by Gasteiger charge is 2.52. The van der Waals surface area contributed by atoms with E-state index < -0.39 is 0 Å². The molecule has 4 heteroatoms. The summed E-state index contributed by atoms with van der Waals surface area (Å²) >= 11 is 0. The van der Waals surface area contributed by atoms with Gasteiger partial charge in [-0.25, -0.2) is 0 Å². The molecule has 90 valence electrons. The van der Waals surface area contributed by atoms with Gasteiger partial charge >= 0.3 is 0 Å². The molecule has 3 rings (SSSR count). The molecule has 1 spiro atoms. The zero-order chi connectivity index (χ0) is 11.3. The van der Waals surface area contributed by atoms with E-state index in [1.165, 1.54) is 19.5 Å². The molecule has 16 heavy (non-hydrogen) atoms. The monoisotopic (exact) mass is 223 g/mol. The topological polar surface area (TPSA) is 26.8 Å². The molecule has 3 saturated heterocycles. The minimum absolute atomic E-state index is 0.176. The molecule has 3 fully saturated rings. The average Bonchev–Trinajstić information content (AvgIpc) is 2.54. The Hall–Kier alpha value is -0.610. The third kappa shape index (κ3) is 1.47. The molecule has 3 aliphatic rings. The van der Waals surface area contributed by atoms with Crippen LogP contribution in [0.3, 0.4) is 0 Å². The highest BCUT2D eigenvalue weighted by atomic mass is 16.2. The number of likely N-dealkylation sites (tertiary alicyclic amines) is 3. The maximum absolute atomic E-state index is 12.2. The SMILES string of the molecule is CN1CC2(C1)CN(C(=O)C1CCCN1C)C2. The Balaban J connectivity index is 1.54. The normalized spacial score (nSPS) is 33.9. The number of likely N-dealkylation sites (N-methyl/N-ethyl adjacent to an activating group) is 1. The van der Waals surface area contributed by atoms with Gasteiger partial charge in [0.05, 0.1) is 6.04 Å². The summed E-state index contributed by atoms with van der Waals surface area (Å²) in [5.41, 5.74) is 0.474. The zero-order valence-electron chi connectivity index (χ0n) is 10.3. The Morgan fingerprint density at radius 2 is 1.88 bits per heavy atom. The number of hydrogen-bond acceptors (Lipinski definition) is 3. The fourth-order valence-corrected chi connectivity index (χ4v) is 3.65. The van der Waals surface area contributed by atoms with Crippen molar-refractivity contribution in [2.24, 2.45) is 5.41 Å². The van der Waals surface area contributed by atoms with Crippen LogP contribution in [0.25, 0.3) is 0 Å². The lowest BCUT2D eigenvalue weighted by atomic mass is 9.73. The van der Waals surface area contributed by atoms with Crippen molar-refractivity contribution in [2.75, 3.05) is 46.8 Å². The van der Waals surface area contributed by atoms with E-state index in [1.807, 2.05) is 0 Å². The van der Waals surface area contributed by atoms with Gasteiger partial charge in [-0.15, -0.1) is 0 Å². The van der Waals surface area contributed by atoms with E-state index in [-0.39, 0.29) is 6.04 Å². The summed E-state index contributed by atoms with van der Waals surface area (Å²) < 4.78 is 0. The number of rotatable bonds is 1. The summed E-state index contributed by atoms with van der Waals surface area (Å²) in [5, 5.41) is 0. The molecule has 0 saturated carbocycles. The predicted octanol–water partition coefficient (Wildman–Crippen LogP) is -0.145. The summed E-state index contributed by atoms with van der Waals surface area (Å²) in [4.78, 5) is 18.8. The van der Waals surface area contributed by atoms with Crippen LogP contribution < -0.4 is 0 Å². The molecule has 3 aliphatic heterocycles. The largest absolute Gasteiger partial charge is 0.340 e. The van der Waals surface area contributed by atoms with Crippen LogP contribution in [0.2, 0.25) is 0 Å². The lowest BCUT2D eigenvalue weighted by molar-refractivity contribution is -0.160. The Kier molecular flexibility index (Phi) is 2.27. The smallest absolute Gasteiger partial charge is 0.239 e. The first-order valence-electron chi connectivity index (χ1n) is 6.27. The van der Waals surface area contributed by atoms with Gasteiger partial charge in [0.25, 0.3) is 0 Å². The van der Waals surface area contributed by atoms with Crippen molar-refractivity contribution < 1.29 is 4.79 Å². The Morgan fingerprint density at radius 3 is 2.38 bits per heavy atom. The maximum atomic E-state index is 12.2. The van der Waals surface area contributed by atoms with Crippen molar-refractivity contribution in [3.63, 3.8) is 0 Å². The summed E-state index contributed by atoms with van der Waals surface area (Å²) in [7, 11) is 4.22. The molecule has 0 bridgehead atoms. The van der Waals surface area contributed by atoms with Crippen molar-refractivity contribution in [1.82, 2.24) is 14.7 Å². The minimum atomic E-state index is 0.176. The first kappa shape index (κ1) is 10.5. The van der Waals surface area contributed by atoms with Gasteiger partial charge in [0.15, 0.2) is 0 Å². The highest BCUT2D eigenvalue weighted by Crippen LogP contribution is 2.39. The highest BCUT2D eigenvalue weighted by molar-refractivity contribution is 5.83. The molecule has 0 aromatic carbocycles. The van der Waals surface area contributed by atoms with E-state index in [9.17, 15) is 4.79 Å². The van der Waals surface area contributed by atoms with Crippen LogP contribution in [0.5, 0.6) is 0 Å². The second-order valence-corrected chi connectivity index (χ2v) is 6.01. The van der Waals surface area contributed by atoms with Gasteiger partial charge in [0.2, 0.25) is 5.91 Å². The van der Waals surface area contributed by atoms with Gasteiger partial charge in [-0.2, -0.15) is 0 Å². The Labute approximate surface area is 97.2 Å². The molecule has 3 heterocycles. The predicted molar refractivity (Wildman–Crippen MR) is 62.2 cm³/mol. The van der Waals surface area contributed by atoms with Crippen LogP contribution in [0, 0.1) is 5.41 Å². The number of hydrogen-bond donors (Lipinski definition) is 0. The molecule has 0 aliphatic carbocycles. The third-order valence-electron chi connectivity index (χ3n) is 4.38. The van der Waals surface area contributed by atoms with Crippen LogP contribution in [0.15, 0.2) is 0 Å². The fraction of sp³-hybridized carbons (Fsp3) is 0.917. The molecule has 0 radical (unpaired) electrons. The van der Waals surface area contributed by atoms with Gasteiger partial charge in [0, 0.05) is 31.6 Å². The fourth-order valence-electron chi connectivity index (χ4n) is 3.65. The van der Waals surface area contributed by atoms with Crippen molar-refractivity contribution in [1.29, 1.82) is 0 Å². The van der Waals surface area contributed by atoms with Gasteiger partial charge < -0.3 is 9.80 Å². The van der Waals surface area contributed by atoms with E-state index in [2.05, 4.69) is 28.8 Å². The summed E-state index contributed by atoms with van der Waals surface area (Å²) in [6.07, 6.45) is 2.23. The molecule has 1 amide bonds. The van der Waals surface area contributed by atoms with E-state index in [1.54, 1.807) is 0 Å². The summed E-state index contributed by atoms with van der Waals surface area (Å²) in [6.45, 7) is 5.44.